The Morgan fingerprint density at radius 1 is 1.47 bits per heavy atom. The van der Waals surface area contributed by atoms with Crippen LogP contribution in [0.2, 0.25) is 5.02 Å². The van der Waals surface area contributed by atoms with E-state index >= 15 is 0 Å². The van der Waals surface area contributed by atoms with E-state index in [0.717, 1.165) is 28.1 Å². The Labute approximate surface area is 129 Å². The van der Waals surface area contributed by atoms with Crippen molar-refractivity contribution in [3.63, 3.8) is 0 Å². The first kappa shape index (κ1) is 15.3. The topological polar surface area (TPSA) is 29.3 Å². The predicted molar refractivity (Wildman–Crippen MR) is 85.5 cm³/mol. The monoisotopic (exact) mass is 344 g/mol. The van der Waals surface area contributed by atoms with Crippen LogP contribution >= 0.6 is 27.5 Å². The van der Waals surface area contributed by atoms with Gasteiger partial charge in [0.15, 0.2) is 0 Å². The van der Waals surface area contributed by atoms with Crippen LogP contribution in [0.1, 0.15) is 38.3 Å². The summed E-state index contributed by atoms with van der Waals surface area (Å²) in [6.45, 7) is 7.45. The minimum absolute atomic E-state index is 0.213. The summed E-state index contributed by atoms with van der Waals surface area (Å²) in [6.07, 6.45) is 2.52. The van der Waals surface area contributed by atoms with E-state index in [1.165, 1.54) is 12.8 Å². The van der Waals surface area contributed by atoms with Gasteiger partial charge in [-0.2, -0.15) is 0 Å². The van der Waals surface area contributed by atoms with E-state index in [-0.39, 0.29) is 6.04 Å². The summed E-state index contributed by atoms with van der Waals surface area (Å²) in [6, 6.07) is 6.23. The van der Waals surface area contributed by atoms with E-state index in [1.54, 1.807) is 0 Å². The van der Waals surface area contributed by atoms with Crippen LogP contribution in [0.25, 0.3) is 0 Å². The first-order valence-electron chi connectivity index (χ1n) is 6.82. The van der Waals surface area contributed by atoms with Crippen molar-refractivity contribution >= 4 is 27.5 Å². The molecule has 1 saturated heterocycles. The van der Waals surface area contributed by atoms with Crippen LogP contribution in [0.15, 0.2) is 22.7 Å². The van der Waals surface area contributed by atoms with Crippen molar-refractivity contribution in [2.75, 3.05) is 19.6 Å². The van der Waals surface area contributed by atoms with Gasteiger partial charge in [-0.3, -0.25) is 4.90 Å². The van der Waals surface area contributed by atoms with E-state index in [4.69, 9.17) is 17.3 Å². The number of rotatable bonds is 3. The number of nitrogens with zero attached hydrogens (tertiary/aromatic N) is 1. The van der Waals surface area contributed by atoms with Gasteiger partial charge in [-0.15, -0.1) is 0 Å². The van der Waals surface area contributed by atoms with Gasteiger partial charge in [0.2, 0.25) is 0 Å². The summed E-state index contributed by atoms with van der Waals surface area (Å²) >= 11 is 9.88. The van der Waals surface area contributed by atoms with Gasteiger partial charge in [-0.1, -0.05) is 41.4 Å². The number of hydrogen-bond donors (Lipinski definition) is 1. The molecule has 0 amide bonds. The average molecular weight is 346 g/mol. The summed E-state index contributed by atoms with van der Waals surface area (Å²) in [5, 5.41) is 0.807. The van der Waals surface area contributed by atoms with Crippen LogP contribution in [-0.4, -0.2) is 24.5 Å². The Bertz CT molecular complexity index is 448. The second kappa shape index (κ2) is 6.13. The molecule has 19 heavy (non-hydrogen) atoms. The molecule has 0 bridgehead atoms. The van der Waals surface area contributed by atoms with Gasteiger partial charge in [0, 0.05) is 28.6 Å². The van der Waals surface area contributed by atoms with Gasteiger partial charge in [0.1, 0.15) is 0 Å². The zero-order chi connectivity index (χ0) is 14.0. The number of hydrogen-bond acceptors (Lipinski definition) is 2. The van der Waals surface area contributed by atoms with E-state index in [9.17, 15) is 0 Å². The van der Waals surface area contributed by atoms with E-state index in [0.29, 0.717) is 12.0 Å². The molecular formula is C15H22BrClN2. The highest BCUT2D eigenvalue weighted by Gasteiger charge is 2.31. The zero-order valence-electron chi connectivity index (χ0n) is 11.6. The summed E-state index contributed by atoms with van der Waals surface area (Å²) in [7, 11) is 0. The maximum Gasteiger partial charge on any atom is 0.0485 e. The quantitative estimate of drug-likeness (QED) is 0.888. The maximum atomic E-state index is 6.36. The third-order valence-electron chi connectivity index (χ3n) is 3.91. The number of benzene rings is 1. The van der Waals surface area contributed by atoms with Gasteiger partial charge < -0.3 is 5.73 Å². The second-order valence-corrected chi connectivity index (χ2v) is 7.48. The fourth-order valence-electron chi connectivity index (χ4n) is 2.98. The lowest BCUT2D eigenvalue weighted by Crippen LogP contribution is -2.44. The number of halogens is 2. The maximum absolute atomic E-state index is 6.36. The molecule has 2 nitrogen and oxygen atoms in total. The molecule has 1 unspecified atom stereocenters. The summed E-state index contributed by atoms with van der Waals surface area (Å²) in [4.78, 5) is 2.48. The van der Waals surface area contributed by atoms with Crippen LogP contribution in [0.5, 0.6) is 0 Å². The third-order valence-corrected chi connectivity index (χ3v) is 4.75. The van der Waals surface area contributed by atoms with Crippen LogP contribution in [0, 0.1) is 5.41 Å². The van der Waals surface area contributed by atoms with Gasteiger partial charge >= 0.3 is 0 Å². The van der Waals surface area contributed by atoms with Crippen molar-refractivity contribution in [2.24, 2.45) is 11.1 Å². The molecule has 1 aromatic rings. The molecule has 0 saturated carbocycles. The molecule has 1 fully saturated rings. The SMILES string of the molecule is CC1(C)CCCN(C(CN)c2cc(Br)ccc2Cl)C1. The highest BCUT2D eigenvalue weighted by atomic mass is 79.9. The Balaban J connectivity index is 2.26. The fourth-order valence-corrected chi connectivity index (χ4v) is 3.60. The van der Waals surface area contributed by atoms with Gasteiger partial charge in [0.05, 0.1) is 0 Å². The zero-order valence-corrected chi connectivity index (χ0v) is 14.0. The Hall–Kier alpha value is -0.0900. The van der Waals surface area contributed by atoms with Crippen molar-refractivity contribution < 1.29 is 0 Å². The molecule has 2 N–H and O–H groups in total. The van der Waals surface area contributed by atoms with Crippen molar-refractivity contribution in [1.29, 1.82) is 0 Å². The molecule has 1 aliphatic heterocycles. The lowest BCUT2D eigenvalue weighted by atomic mass is 9.83. The van der Waals surface area contributed by atoms with Crippen LogP contribution in [0.3, 0.4) is 0 Å². The molecular weight excluding hydrogens is 324 g/mol. The van der Waals surface area contributed by atoms with Crippen LogP contribution in [-0.2, 0) is 0 Å². The first-order chi connectivity index (χ1) is 8.93. The first-order valence-corrected chi connectivity index (χ1v) is 7.99. The molecule has 1 aliphatic rings. The molecule has 0 aliphatic carbocycles. The average Bonchev–Trinajstić information content (AvgIpc) is 2.33. The molecule has 1 heterocycles. The molecule has 1 aromatic carbocycles. The molecule has 0 spiro atoms. The molecule has 4 heteroatoms. The Morgan fingerprint density at radius 3 is 2.84 bits per heavy atom. The van der Waals surface area contributed by atoms with Crippen molar-refractivity contribution in [3.8, 4) is 0 Å². The van der Waals surface area contributed by atoms with E-state index in [1.807, 2.05) is 12.1 Å². The van der Waals surface area contributed by atoms with Gasteiger partial charge in [-0.25, -0.2) is 0 Å². The second-order valence-electron chi connectivity index (χ2n) is 6.16. The van der Waals surface area contributed by atoms with Crippen LogP contribution in [0.4, 0.5) is 0 Å². The smallest absolute Gasteiger partial charge is 0.0485 e. The summed E-state index contributed by atoms with van der Waals surface area (Å²) < 4.78 is 1.06. The highest BCUT2D eigenvalue weighted by molar-refractivity contribution is 9.10. The standard InChI is InChI=1S/C15H22BrClN2/c1-15(2)6-3-7-19(10-15)14(9-18)12-8-11(16)4-5-13(12)17/h4-5,8,14H,3,6-7,9-10,18H2,1-2H3. The normalized spacial score (nSPS) is 21.3. The summed E-state index contributed by atoms with van der Waals surface area (Å²) in [5.41, 5.74) is 7.53. The largest absolute Gasteiger partial charge is 0.329 e. The Kier molecular flexibility index (Phi) is 4.93. The molecule has 0 aromatic heterocycles. The van der Waals surface area contributed by atoms with Crippen molar-refractivity contribution in [1.82, 2.24) is 4.90 Å². The molecule has 0 radical (unpaired) electrons. The van der Waals surface area contributed by atoms with Crippen molar-refractivity contribution in [3.05, 3.63) is 33.3 Å². The molecule has 1 atom stereocenters. The number of nitrogens with two attached hydrogens (primary N) is 1. The summed E-state index contributed by atoms with van der Waals surface area (Å²) in [5.74, 6) is 0. The minimum Gasteiger partial charge on any atom is -0.329 e. The lowest BCUT2D eigenvalue weighted by molar-refractivity contribution is 0.0807. The minimum atomic E-state index is 0.213. The number of piperidine rings is 1. The van der Waals surface area contributed by atoms with Gasteiger partial charge in [-0.05, 0) is 48.6 Å². The van der Waals surface area contributed by atoms with Gasteiger partial charge in [0.25, 0.3) is 0 Å². The van der Waals surface area contributed by atoms with Crippen molar-refractivity contribution in [2.45, 2.75) is 32.7 Å². The third kappa shape index (κ3) is 3.72. The van der Waals surface area contributed by atoms with E-state index < -0.39 is 0 Å². The van der Waals surface area contributed by atoms with Crippen LogP contribution < -0.4 is 5.73 Å². The Morgan fingerprint density at radius 2 is 2.21 bits per heavy atom. The number of likely N-dealkylation sites (tertiary alicyclic amines) is 1. The molecule has 106 valence electrons. The highest BCUT2D eigenvalue weighted by Crippen LogP contribution is 2.36. The lowest BCUT2D eigenvalue weighted by Gasteiger charge is -2.42. The molecule has 2 rings (SSSR count). The fraction of sp³-hybridized carbons (Fsp3) is 0.600. The van der Waals surface area contributed by atoms with E-state index in [2.05, 4.69) is 40.7 Å². The predicted octanol–water partition coefficient (Wildman–Crippen LogP) is 4.22.